The van der Waals surface area contributed by atoms with Gasteiger partial charge in [0.1, 0.15) is 11.9 Å². The summed E-state index contributed by atoms with van der Waals surface area (Å²) < 4.78 is 46.7. The van der Waals surface area contributed by atoms with E-state index >= 15 is 0 Å². The van der Waals surface area contributed by atoms with E-state index in [-0.39, 0.29) is 22.8 Å². The molecule has 12 heteroatoms. The number of nitriles is 1. The average molecular weight is 432 g/mol. The van der Waals surface area contributed by atoms with Crippen molar-refractivity contribution in [3.8, 4) is 11.9 Å². The number of methoxy groups -OCH3 is 1. The molecule has 0 fully saturated rings. The van der Waals surface area contributed by atoms with Crippen LogP contribution in [-0.4, -0.2) is 33.0 Å². The van der Waals surface area contributed by atoms with E-state index in [0.29, 0.717) is 0 Å². The van der Waals surface area contributed by atoms with E-state index in [9.17, 15) is 22.8 Å². The van der Waals surface area contributed by atoms with Gasteiger partial charge in [-0.1, -0.05) is 0 Å². The third kappa shape index (κ3) is 4.45. The summed E-state index contributed by atoms with van der Waals surface area (Å²) >= 11 is 0. The van der Waals surface area contributed by atoms with Crippen molar-refractivity contribution in [3.05, 3.63) is 57.5 Å². The topological polar surface area (TPSA) is 134 Å². The Morgan fingerprint density at radius 1 is 1.32 bits per heavy atom. The van der Waals surface area contributed by atoms with Gasteiger partial charge in [0, 0.05) is 24.2 Å². The molecule has 31 heavy (non-hydrogen) atoms. The molecule has 0 radical (unpaired) electrons. The quantitative estimate of drug-likeness (QED) is 0.630. The largest absolute Gasteiger partial charge is 0.480 e. The van der Waals surface area contributed by atoms with Gasteiger partial charge in [0.25, 0.3) is 5.56 Å². The Bertz CT molecular complexity index is 1230. The Balaban J connectivity index is 1.98. The number of hydrogen-bond acceptors (Lipinski definition) is 7. The van der Waals surface area contributed by atoms with Crippen molar-refractivity contribution in [2.24, 2.45) is 0 Å². The van der Waals surface area contributed by atoms with Crippen LogP contribution in [0, 0.1) is 11.3 Å². The fourth-order valence-electron chi connectivity index (χ4n) is 3.02. The van der Waals surface area contributed by atoms with Crippen LogP contribution in [0.15, 0.2) is 29.5 Å². The van der Waals surface area contributed by atoms with Gasteiger partial charge in [-0.05, 0) is 13.0 Å². The Morgan fingerprint density at radius 2 is 2.00 bits per heavy atom. The number of fused-ring (bicyclic) bond motifs is 1. The summed E-state index contributed by atoms with van der Waals surface area (Å²) in [5.74, 6) is -1.03. The lowest BCUT2D eigenvalue weighted by Gasteiger charge is -2.17. The third-order valence-corrected chi connectivity index (χ3v) is 4.37. The number of nitrogens with zero attached hydrogens (tertiary/aromatic N) is 4. The SMILES string of the molecule is COc1nccc2[nH]c(=O)c(CC(=O)N[C@@H](C)c3ncc(C#N)cn3)c(C(F)(F)F)c12. The van der Waals surface area contributed by atoms with Crippen molar-refractivity contribution >= 4 is 16.8 Å². The van der Waals surface area contributed by atoms with Gasteiger partial charge in [-0.3, -0.25) is 9.59 Å². The molecule has 3 heterocycles. The highest BCUT2D eigenvalue weighted by Crippen LogP contribution is 2.38. The second-order valence-corrected chi connectivity index (χ2v) is 6.46. The second-order valence-electron chi connectivity index (χ2n) is 6.46. The first kappa shape index (κ1) is 21.7. The maximum absolute atomic E-state index is 13.9. The minimum absolute atomic E-state index is 0.118. The van der Waals surface area contributed by atoms with Gasteiger partial charge in [-0.15, -0.1) is 0 Å². The first-order valence-corrected chi connectivity index (χ1v) is 8.82. The molecule has 0 spiro atoms. The normalized spacial score (nSPS) is 12.3. The Morgan fingerprint density at radius 3 is 2.58 bits per heavy atom. The van der Waals surface area contributed by atoms with E-state index < -0.39 is 46.6 Å². The maximum Gasteiger partial charge on any atom is 0.417 e. The molecule has 0 unspecified atom stereocenters. The van der Waals surface area contributed by atoms with Crippen molar-refractivity contribution in [1.82, 2.24) is 25.3 Å². The molecule has 0 saturated heterocycles. The number of nitrogens with one attached hydrogen (secondary N) is 2. The van der Waals surface area contributed by atoms with E-state index in [0.717, 1.165) is 7.11 Å². The van der Waals surface area contributed by atoms with Crippen LogP contribution >= 0.6 is 0 Å². The number of aromatic nitrogens is 4. The van der Waals surface area contributed by atoms with Gasteiger partial charge in [0.15, 0.2) is 0 Å². The third-order valence-electron chi connectivity index (χ3n) is 4.37. The van der Waals surface area contributed by atoms with Crippen LogP contribution in [0.4, 0.5) is 13.2 Å². The van der Waals surface area contributed by atoms with Crippen molar-refractivity contribution in [1.29, 1.82) is 5.26 Å². The van der Waals surface area contributed by atoms with E-state index in [1.807, 2.05) is 6.07 Å². The summed E-state index contributed by atoms with van der Waals surface area (Å²) in [6.07, 6.45) is -2.10. The zero-order valence-corrected chi connectivity index (χ0v) is 16.2. The smallest absolute Gasteiger partial charge is 0.417 e. The number of hydrogen-bond donors (Lipinski definition) is 2. The molecule has 0 aliphatic carbocycles. The molecule has 3 rings (SSSR count). The van der Waals surface area contributed by atoms with Crippen molar-refractivity contribution < 1.29 is 22.7 Å². The maximum atomic E-state index is 13.9. The number of carbonyl (C=O) groups excluding carboxylic acids is 1. The number of ether oxygens (including phenoxy) is 1. The van der Waals surface area contributed by atoms with Crippen molar-refractivity contribution in [2.75, 3.05) is 7.11 Å². The van der Waals surface area contributed by atoms with Crippen LogP contribution in [0.3, 0.4) is 0 Å². The molecule has 3 aromatic heterocycles. The lowest BCUT2D eigenvalue weighted by Crippen LogP contribution is -2.32. The average Bonchev–Trinajstić information content (AvgIpc) is 2.72. The number of pyridine rings is 2. The summed E-state index contributed by atoms with van der Waals surface area (Å²) in [6, 6.07) is 2.28. The van der Waals surface area contributed by atoms with Gasteiger partial charge in [-0.2, -0.15) is 18.4 Å². The van der Waals surface area contributed by atoms with Gasteiger partial charge in [0.2, 0.25) is 11.8 Å². The molecule has 0 bridgehead atoms. The predicted octanol–water partition coefficient (Wildman–Crippen LogP) is 2.03. The van der Waals surface area contributed by atoms with Crippen LogP contribution in [0.25, 0.3) is 10.9 Å². The van der Waals surface area contributed by atoms with E-state index in [4.69, 9.17) is 10.00 Å². The minimum atomic E-state index is -4.94. The Kier molecular flexibility index (Phi) is 5.87. The minimum Gasteiger partial charge on any atom is -0.480 e. The molecular weight excluding hydrogens is 417 g/mol. The molecule has 1 amide bonds. The number of amides is 1. The van der Waals surface area contributed by atoms with E-state index in [1.165, 1.54) is 31.6 Å². The van der Waals surface area contributed by atoms with E-state index in [2.05, 4.69) is 25.3 Å². The molecular formula is C19H15F3N6O3. The second kappa shape index (κ2) is 8.39. The van der Waals surface area contributed by atoms with Gasteiger partial charge >= 0.3 is 6.18 Å². The van der Waals surface area contributed by atoms with Crippen LogP contribution < -0.4 is 15.6 Å². The van der Waals surface area contributed by atoms with Gasteiger partial charge in [-0.25, -0.2) is 15.0 Å². The standard InChI is InChI=1S/C19H15F3N6O3/c1-9(16-25-7-10(6-23)8-26-16)27-13(29)5-11-15(19(20,21)22)14-12(28-17(11)30)3-4-24-18(14)31-2/h3-4,7-9H,5H2,1-2H3,(H,27,29)(H,28,30)/t9-/m0/s1. The highest BCUT2D eigenvalue weighted by molar-refractivity contribution is 5.90. The summed E-state index contributed by atoms with van der Waals surface area (Å²) in [5, 5.41) is 10.8. The zero-order chi connectivity index (χ0) is 22.8. The highest BCUT2D eigenvalue weighted by Gasteiger charge is 2.39. The summed E-state index contributed by atoms with van der Waals surface area (Å²) in [7, 11) is 1.15. The molecule has 2 N–H and O–H groups in total. The number of halogens is 3. The summed E-state index contributed by atoms with van der Waals surface area (Å²) in [6.45, 7) is 1.52. The Labute approximate surface area is 172 Å². The number of alkyl halides is 3. The number of rotatable bonds is 5. The molecule has 0 aliphatic heterocycles. The fourth-order valence-corrected chi connectivity index (χ4v) is 3.02. The van der Waals surface area contributed by atoms with Crippen LogP contribution in [-0.2, 0) is 17.4 Å². The molecule has 1 atom stereocenters. The molecule has 160 valence electrons. The first-order valence-electron chi connectivity index (χ1n) is 8.82. The lowest BCUT2D eigenvalue weighted by molar-refractivity contribution is -0.137. The number of aromatic amines is 1. The first-order chi connectivity index (χ1) is 14.7. The molecule has 0 aliphatic rings. The lowest BCUT2D eigenvalue weighted by atomic mass is 10.0. The predicted molar refractivity (Wildman–Crippen MR) is 101 cm³/mol. The molecule has 0 saturated carbocycles. The summed E-state index contributed by atoms with van der Waals surface area (Å²) in [4.78, 5) is 38.8. The fraction of sp³-hybridized carbons (Fsp3) is 0.263. The van der Waals surface area contributed by atoms with E-state index in [1.54, 1.807) is 0 Å². The Hall–Kier alpha value is -4.01. The number of carbonyl (C=O) groups is 1. The zero-order valence-electron chi connectivity index (χ0n) is 16.2. The van der Waals surface area contributed by atoms with Gasteiger partial charge < -0.3 is 15.0 Å². The van der Waals surface area contributed by atoms with Crippen molar-refractivity contribution in [2.45, 2.75) is 25.6 Å². The van der Waals surface area contributed by atoms with Crippen LogP contribution in [0.1, 0.15) is 35.5 Å². The van der Waals surface area contributed by atoms with Gasteiger partial charge in [0.05, 0.1) is 41.6 Å². The van der Waals surface area contributed by atoms with Crippen molar-refractivity contribution in [3.63, 3.8) is 0 Å². The molecule has 9 nitrogen and oxygen atoms in total. The highest BCUT2D eigenvalue weighted by atomic mass is 19.4. The van der Waals surface area contributed by atoms with Crippen LogP contribution in [0.5, 0.6) is 5.88 Å². The number of H-pyrrole nitrogens is 1. The monoisotopic (exact) mass is 432 g/mol. The van der Waals surface area contributed by atoms with Crippen LogP contribution in [0.2, 0.25) is 0 Å². The molecule has 0 aromatic carbocycles. The summed E-state index contributed by atoms with van der Waals surface area (Å²) in [5.41, 5.74) is -3.01. The molecule has 3 aromatic rings.